The zero-order chi connectivity index (χ0) is 37.3. The summed E-state index contributed by atoms with van der Waals surface area (Å²) < 4.78 is 16.6. The van der Waals surface area contributed by atoms with Gasteiger partial charge in [0.05, 0.1) is 0 Å². The summed E-state index contributed by atoms with van der Waals surface area (Å²) in [5.41, 5.74) is 0. The summed E-state index contributed by atoms with van der Waals surface area (Å²) >= 11 is 0. The van der Waals surface area contributed by atoms with Gasteiger partial charge in [0.25, 0.3) is 0 Å². The number of ether oxygens (including phenoxy) is 3. The summed E-state index contributed by atoms with van der Waals surface area (Å²) in [4.78, 5) is 37.5. The van der Waals surface area contributed by atoms with Gasteiger partial charge in [-0.05, 0) is 57.8 Å². The molecule has 0 fully saturated rings. The van der Waals surface area contributed by atoms with E-state index in [1.165, 1.54) is 64.2 Å². The van der Waals surface area contributed by atoms with E-state index in [1.54, 1.807) is 0 Å². The maximum absolute atomic E-state index is 12.6. The number of carbonyl (C=O) groups excluding carboxylic acids is 3. The summed E-state index contributed by atoms with van der Waals surface area (Å²) in [6.45, 7) is 6.37. The SMILES string of the molecule is CC\C=C/C=C\C=C/C=C\CCCCCCCC(=O)OCC(COC(=O)CCCCCCCCCCC)OC(=O)CCC/C=C\CCCCCC. The maximum atomic E-state index is 12.6. The fourth-order valence-electron chi connectivity index (χ4n) is 5.45. The van der Waals surface area contributed by atoms with Crippen molar-refractivity contribution in [3.63, 3.8) is 0 Å². The summed E-state index contributed by atoms with van der Waals surface area (Å²) in [7, 11) is 0. The van der Waals surface area contributed by atoms with Crippen molar-refractivity contribution < 1.29 is 28.6 Å². The number of esters is 3. The molecule has 0 rings (SSSR count). The Morgan fingerprint density at radius 2 is 0.804 bits per heavy atom. The highest BCUT2D eigenvalue weighted by molar-refractivity contribution is 5.71. The maximum Gasteiger partial charge on any atom is 0.306 e. The summed E-state index contributed by atoms with van der Waals surface area (Å²) in [5.74, 6) is -0.964. The summed E-state index contributed by atoms with van der Waals surface area (Å²) in [6, 6.07) is 0. The van der Waals surface area contributed by atoms with E-state index in [2.05, 4.69) is 57.2 Å². The van der Waals surface area contributed by atoms with E-state index in [0.717, 1.165) is 77.0 Å². The molecule has 0 N–H and O–H groups in total. The fraction of sp³-hybridized carbons (Fsp3) is 0.711. The second-order valence-corrected chi connectivity index (χ2v) is 13.6. The van der Waals surface area contributed by atoms with Crippen molar-refractivity contribution in [2.45, 2.75) is 194 Å². The van der Waals surface area contributed by atoms with Crippen LogP contribution in [0.5, 0.6) is 0 Å². The highest BCUT2D eigenvalue weighted by atomic mass is 16.6. The predicted octanol–water partition coefficient (Wildman–Crippen LogP) is 13.0. The van der Waals surface area contributed by atoms with Crippen molar-refractivity contribution in [2.24, 2.45) is 0 Å². The van der Waals surface area contributed by atoms with Gasteiger partial charge >= 0.3 is 17.9 Å². The van der Waals surface area contributed by atoms with Crippen molar-refractivity contribution in [3.05, 3.63) is 60.8 Å². The first kappa shape index (κ1) is 48.1. The first-order valence-corrected chi connectivity index (χ1v) is 20.8. The number of unbranched alkanes of at least 4 members (excludes halogenated alkanes) is 18. The molecule has 0 aliphatic heterocycles. The standard InChI is InChI=1S/C45H76O6/c1-4-7-10-13-16-19-20-21-22-23-24-27-29-32-35-38-44(47)50-41-42(51-45(48)39-36-33-30-26-18-15-12-9-6-3)40-49-43(46)37-34-31-28-25-17-14-11-8-5-2/h7,10,13,16,19-22,26,30,42H,4-6,8-9,11-12,14-15,17-18,23-25,27-29,31-41H2,1-3H3/b10-7-,16-13-,20-19-,22-21-,30-26-. The quantitative estimate of drug-likeness (QED) is 0.0211. The molecule has 0 aromatic carbocycles. The highest BCUT2D eigenvalue weighted by Crippen LogP contribution is 2.13. The normalized spacial score (nSPS) is 12.6. The third kappa shape index (κ3) is 38.2. The Morgan fingerprint density at radius 1 is 0.412 bits per heavy atom. The van der Waals surface area contributed by atoms with Crippen molar-refractivity contribution in [1.82, 2.24) is 0 Å². The molecule has 6 heteroatoms. The third-order valence-corrected chi connectivity index (χ3v) is 8.60. The lowest BCUT2D eigenvalue weighted by molar-refractivity contribution is -0.167. The molecule has 0 heterocycles. The van der Waals surface area contributed by atoms with Crippen molar-refractivity contribution >= 4 is 17.9 Å². The number of allylic oxidation sites excluding steroid dienone is 10. The van der Waals surface area contributed by atoms with Crippen LogP contribution in [0.3, 0.4) is 0 Å². The molecule has 0 saturated carbocycles. The molecular formula is C45H76O6. The van der Waals surface area contributed by atoms with E-state index < -0.39 is 6.10 Å². The topological polar surface area (TPSA) is 78.9 Å². The number of rotatable bonds is 36. The summed E-state index contributed by atoms with van der Waals surface area (Å²) in [6.07, 6.45) is 46.4. The molecule has 51 heavy (non-hydrogen) atoms. The van der Waals surface area contributed by atoms with Crippen LogP contribution in [0.1, 0.15) is 188 Å². The average Bonchev–Trinajstić information content (AvgIpc) is 3.12. The molecule has 1 unspecified atom stereocenters. The first-order chi connectivity index (χ1) is 25.0. The first-order valence-electron chi connectivity index (χ1n) is 20.8. The molecule has 0 spiro atoms. The van der Waals surface area contributed by atoms with Gasteiger partial charge in [0.2, 0.25) is 0 Å². The Morgan fingerprint density at radius 3 is 1.33 bits per heavy atom. The zero-order valence-corrected chi connectivity index (χ0v) is 33.1. The van der Waals surface area contributed by atoms with E-state index in [9.17, 15) is 14.4 Å². The number of hydrogen-bond acceptors (Lipinski definition) is 6. The van der Waals surface area contributed by atoms with Crippen LogP contribution in [0.25, 0.3) is 0 Å². The van der Waals surface area contributed by atoms with Crippen LogP contribution < -0.4 is 0 Å². The van der Waals surface area contributed by atoms with Gasteiger partial charge in [0.1, 0.15) is 13.2 Å². The van der Waals surface area contributed by atoms with Crippen molar-refractivity contribution in [1.29, 1.82) is 0 Å². The minimum absolute atomic E-state index is 0.0931. The smallest absolute Gasteiger partial charge is 0.306 e. The molecule has 0 radical (unpaired) electrons. The van der Waals surface area contributed by atoms with E-state index in [0.29, 0.717) is 19.3 Å². The molecule has 0 bridgehead atoms. The molecule has 0 aromatic rings. The zero-order valence-electron chi connectivity index (χ0n) is 33.1. The second-order valence-electron chi connectivity index (χ2n) is 13.6. The Labute approximate surface area is 313 Å². The molecule has 0 saturated heterocycles. The Bertz CT molecular complexity index is 960. The lowest BCUT2D eigenvalue weighted by Crippen LogP contribution is -2.30. The molecule has 0 amide bonds. The molecular weight excluding hydrogens is 636 g/mol. The molecule has 0 aliphatic carbocycles. The van der Waals surface area contributed by atoms with Gasteiger partial charge in [-0.1, -0.05) is 171 Å². The lowest BCUT2D eigenvalue weighted by Gasteiger charge is -2.18. The Hall–Kier alpha value is -2.89. The van der Waals surface area contributed by atoms with Crippen molar-refractivity contribution in [3.8, 4) is 0 Å². The molecule has 292 valence electrons. The molecule has 6 nitrogen and oxygen atoms in total. The Kier molecular flexibility index (Phi) is 37.6. The third-order valence-electron chi connectivity index (χ3n) is 8.60. The molecule has 0 aliphatic rings. The van der Waals surface area contributed by atoms with Gasteiger partial charge in [-0.15, -0.1) is 0 Å². The van der Waals surface area contributed by atoms with Gasteiger partial charge < -0.3 is 14.2 Å². The monoisotopic (exact) mass is 713 g/mol. The van der Waals surface area contributed by atoms with Crippen molar-refractivity contribution in [2.75, 3.05) is 13.2 Å². The van der Waals surface area contributed by atoms with Crippen LogP contribution in [0.2, 0.25) is 0 Å². The predicted molar refractivity (Wildman–Crippen MR) is 215 cm³/mol. The lowest BCUT2D eigenvalue weighted by atomic mass is 10.1. The van der Waals surface area contributed by atoms with E-state index in [-0.39, 0.29) is 37.5 Å². The second kappa shape index (κ2) is 39.9. The van der Waals surface area contributed by atoms with Crippen LogP contribution in [-0.4, -0.2) is 37.2 Å². The molecule has 0 aromatic heterocycles. The summed E-state index contributed by atoms with van der Waals surface area (Å²) in [5, 5.41) is 0. The fourth-order valence-corrected chi connectivity index (χ4v) is 5.45. The van der Waals surface area contributed by atoms with E-state index in [4.69, 9.17) is 14.2 Å². The van der Waals surface area contributed by atoms with Gasteiger partial charge in [-0.3, -0.25) is 14.4 Å². The van der Waals surface area contributed by atoms with Crippen LogP contribution in [0.15, 0.2) is 60.8 Å². The minimum Gasteiger partial charge on any atom is -0.462 e. The van der Waals surface area contributed by atoms with Gasteiger partial charge in [0.15, 0.2) is 6.10 Å². The van der Waals surface area contributed by atoms with Crippen LogP contribution in [0, 0.1) is 0 Å². The average molecular weight is 713 g/mol. The Balaban J connectivity index is 4.42. The van der Waals surface area contributed by atoms with E-state index >= 15 is 0 Å². The van der Waals surface area contributed by atoms with E-state index in [1.807, 2.05) is 24.3 Å². The minimum atomic E-state index is -0.792. The van der Waals surface area contributed by atoms with Gasteiger partial charge in [0, 0.05) is 19.3 Å². The highest BCUT2D eigenvalue weighted by Gasteiger charge is 2.19. The van der Waals surface area contributed by atoms with Gasteiger partial charge in [-0.25, -0.2) is 0 Å². The van der Waals surface area contributed by atoms with Crippen LogP contribution in [-0.2, 0) is 28.6 Å². The molecule has 1 atom stereocenters. The van der Waals surface area contributed by atoms with Gasteiger partial charge in [-0.2, -0.15) is 0 Å². The largest absolute Gasteiger partial charge is 0.462 e. The number of hydrogen-bond donors (Lipinski definition) is 0. The number of carbonyl (C=O) groups is 3. The van der Waals surface area contributed by atoms with Crippen LogP contribution in [0.4, 0.5) is 0 Å². The van der Waals surface area contributed by atoms with Crippen LogP contribution >= 0.6 is 0 Å².